The van der Waals surface area contributed by atoms with Gasteiger partial charge in [0.15, 0.2) is 11.6 Å². The van der Waals surface area contributed by atoms with E-state index < -0.39 is 58.6 Å². The number of carbonyl (C=O) groups is 2. The Morgan fingerprint density at radius 1 is 0.877 bits per heavy atom. The minimum Gasteiger partial charge on any atom is -0.392 e. The first-order chi connectivity index (χ1) is 26.9. The predicted molar refractivity (Wildman–Crippen MR) is 215 cm³/mol. The van der Waals surface area contributed by atoms with Gasteiger partial charge >= 0.3 is 0 Å². The summed E-state index contributed by atoms with van der Waals surface area (Å²) in [7, 11) is 0. The van der Waals surface area contributed by atoms with Crippen LogP contribution in [0, 0.1) is 41.4 Å². The van der Waals surface area contributed by atoms with Gasteiger partial charge in [-0.1, -0.05) is 61.5 Å². The Labute approximate surface area is 341 Å². The van der Waals surface area contributed by atoms with Crippen molar-refractivity contribution in [2.45, 2.75) is 218 Å². The average molecular weight is 805 g/mol. The minimum absolute atomic E-state index is 0.0203. The largest absolute Gasteiger partial charge is 0.392 e. The number of aliphatic hydroxyl groups excluding tert-OH is 1. The number of aliphatic hydroxyl groups is 2. The number of hydroxylamine groups is 1. The lowest BCUT2D eigenvalue weighted by molar-refractivity contribution is -0.398. The molecule has 4 saturated heterocycles. The Kier molecular flexibility index (Phi) is 13.8. The first-order valence-electron chi connectivity index (χ1n) is 22.6. The van der Waals surface area contributed by atoms with Crippen molar-refractivity contribution in [3.63, 3.8) is 0 Å². The number of amides is 1. The van der Waals surface area contributed by atoms with Crippen molar-refractivity contribution in [1.82, 2.24) is 10.8 Å². The number of nitrogens with one attached hydrogen (secondary N) is 2. The Morgan fingerprint density at radius 3 is 2.19 bits per heavy atom. The van der Waals surface area contributed by atoms with Crippen molar-refractivity contribution in [1.29, 1.82) is 0 Å². The molecule has 0 aromatic heterocycles. The Hall–Kier alpha value is -1.48. The lowest BCUT2D eigenvalue weighted by Gasteiger charge is -2.55. The van der Waals surface area contributed by atoms with Crippen LogP contribution in [0.3, 0.4) is 0 Å². The van der Waals surface area contributed by atoms with Crippen LogP contribution in [0.25, 0.3) is 0 Å². The highest BCUT2D eigenvalue weighted by molar-refractivity contribution is 5.84. The van der Waals surface area contributed by atoms with Gasteiger partial charge in [-0.15, -0.1) is 0 Å². The number of ketones is 1. The maximum atomic E-state index is 14.6. The standard InChI is InChI=1S/C45H76N2O10/c1-11-32(41(50)47-52)34-17-14-25(4)39(54-34)29(8)37(48)28(7)38(49)33(12-2)40-26(5)24-27(6)44(55-40)21-18-35(46-31-15-16-31)45(57-44)23-22-42(10,56-45)36-19-20-43(51,13-3)30(9)53-36/h18,21,25-37,39-40,46,48,51-52H,11-17,19-20,22-24H2,1-10H3,(H,47,50)/t25-,26-,27+,28-,29-,30-,32?,33-,34+,35?,36+,37+,39?,40-,42-,43+,44-,45-/m0/s1. The van der Waals surface area contributed by atoms with Crippen LogP contribution in [0.15, 0.2) is 12.2 Å². The van der Waals surface area contributed by atoms with Crippen molar-refractivity contribution >= 4 is 11.7 Å². The third-order valence-electron chi connectivity index (χ3n) is 15.6. The molecule has 1 aliphatic carbocycles. The summed E-state index contributed by atoms with van der Waals surface area (Å²) in [5, 5.41) is 36.2. The van der Waals surface area contributed by atoms with E-state index in [0.717, 1.165) is 32.1 Å². The van der Waals surface area contributed by atoms with Crippen LogP contribution < -0.4 is 10.8 Å². The van der Waals surface area contributed by atoms with Crippen molar-refractivity contribution in [2.75, 3.05) is 0 Å². The number of carbonyl (C=O) groups excluding carboxylic acids is 2. The van der Waals surface area contributed by atoms with Gasteiger partial charge in [0, 0.05) is 36.1 Å². The van der Waals surface area contributed by atoms with Gasteiger partial charge in [-0.2, -0.15) is 0 Å². The summed E-state index contributed by atoms with van der Waals surface area (Å²) < 4.78 is 34.8. The second kappa shape index (κ2) is 17.5. The number of hydrogen-bond acceptors (Lipinski definition) is 11. The maximum Gasteiger partial charge on any atom is 0.249 e. The molecule has 5 N–H and O–H groups in total. The average Bonchev–Trinajstić information content (AvgIpc) is 3.96. The zero-order chi connectivity index (χ0) is 41.7. The van der Waals surface area contributed by atoms with Crippen molar-refractivity contribution in [3.05, 3.63) is 12.2 Å². The van der Waals surface area contributed by atoms with Crippen LogP contribution in [-0.4, -0.2) is 98.6 Å². The zero-order valence-corrected chi connectivity index (χ0v) is 36.5. The van der Waals surface area contributed by atoms with E-state index in [2.05, 4.69) is 45.2 Å². The fourth-order valence-electron chi connectivity index (χ4n) is 11.3. The third-order valence-corrected chi connectivity index (χ3v) is 15.6. The molecule has 0 aromatic rings. The summed E-state index contributed by atoms with van der Waals surface area (Å²) >= 11 is 0. The van der Waals surface area contributed by atoms with Crippen LogP contribution in [0.5, 0.6) is 0 Å². The van der Waals surface area contributed by atoms with E-state index in [1.807, 2.05) is 41.5 Å². The number of Topliss-reactive ketones (excluding diaryl/α,β-unsaturated/α-hetero) is 1. The lowest BCUT2D eigenvalue weighted by Crippen LogP contribution is -2.65. The first kappa shape index (κ1) is 45.1. The SMILES string of the molecule is CCC(C(=O)NO)[C@H]1CC[C@H](C)C([C@@H](C)[C@H](O)[C@H](C)C(=O)[C@H](CC)[C@H]2O[C@]3(C=CC(NC4CC4)[C@]4(CC[C@@](C)([C@H]5CC[C@](O)(CC)[C@H](C)O5)O4)O3)[C@H](C)C[C@@H]2C)O1. The third kappa shape index (κ3) is 8.69. The van der Waals surface area contributed by atoms with Gasteiger partial charge in [-0.05, 0) is 102 Å². The minimum atomic E-state index is -1.12. The van der Waals surface area contributed by atoms with Crippen LogP contribution in [-0.2, 0) is 33.3 Å². The predicted octanol–water partition coefficient (Wildman–Crippen LogP) is 6.37. The topological polar surface area (TPSA) is 165 Å². The van der Waals surface area contributed by atoms with Gasteiger partial charge in [-0.3, -0.25) is 14.8 Å². The van der Waals surface area contributed by atoms with Gasteiger partial charge in [0.05, 0.1) is 59.8 Å². The van der Waals surface area contributed by atoms with Crippen LogP contribution in [0.4, 0.5) is 0 Å². The zero-order valence-electron chi connectivity index (χ0n) is 36.5. The molecule has 326 valence electrons. The molecular formula is C45H76N2O10. The summed E-state index contributed by atoms with van der Waals surface area (Å²) in [6.07, 6.45) is 10.6. The Bertz CT molecular complexity index is 1440. The molecule has 1 saturated carbocycles. The Balaban J connectivity index is 1.20. The molecular weight excluding hydrogens is 728 g/mol. The van der Waals surface area contributed by atoms with Crippen molar-refractivity contribution in [3.8, 4) is 0 Å². The van der Waals surface area contributed by atoms with Crippen LogP contribution in [0.2, 0.25) is 0 Å². The van der Waals surface area contributed by atoms with Crippen LogP contribution in [0.1, 0.15) is 146 Å². The monoisotopic (exact) mass is 805 g/mol. The molecule has 0 bridgehead atoms. The molecule has 5 fully saturated rings. The molecule has 5 aliphatic heterocycles. The second-order valence-corrected chi connectivity index (χ2v) is 19.5. The molecule has 0 aromatic carbocycles. The molecule has 5 heterocycles. The summed E-state index contributed by atoms with van der Waals surface area (Å²) in [6.45, 7) is 20.2. The Morgan fingerprint density at radius 2 is 1.58 bits per heavy atom. The maximum absolute atomic E-state index is 14.6. The molecule has 0 radical (unpaired) electrons. The fourth-order valence-corrected chi connectivity index (χ4v) is 11.3. The van der Waals surface area contributed by atoms with Gasteiger partial charge < -0.3 is 39.2 Å². The van der Waals surface area contributed by atoms with Crippen molar-refractivity contribution in [2.24, 2.45) is 41.4 Å². The lowest BCUT2D eigenvalue weighted by atomic mass is 9.72. The summed E-state index contributed by atoms with van der Waals surface area (Å²) in [5.74, 6) is -4.48. The number of rotatable bonds is 14. The molecule has 12 nitrogen and oxygen atoms in total. The van der Waals surface area contributed by atoms with E-state index in [0.29, 0.717) is 51.0 Å². The van der Waals surface area contributed by atoms with Gasteiger partial charge in [0.1, 0.15) is 5.78 Å². The van der Waals surface area contributed by atoms with Gasteiger partial charge in [0.25, 0.3) is 0 Å². The molecule has 1 amide bonds. The van der Waals surface area contributed by atoms with Crippen molar-refractivity contribution < 1.29 is 48.7 Å². The molecule has 18 atom stereocenters. The highest BCUT2D eigenvalue weighted by Crippen LogP contribution is 2.54. The van der Waals surface area contributed by atoms with E-state index in [1.54, 1.807) is 5.48 Å². The molecule has 12 heteroatoms. The van der Waals surface area contributed by atoms with E-state index >= 15 is 0 Å². The van der Waals surface area contributed by atoms with E-state index in [-0.39, 0.29) is 59.9 Å². The van der Waals surface area contributed by atoms with E-state index in [9.17, 15) is 25.0 Å². The normalized spacial score (nSPS) is 45.0. The highest BCUT2D eigenvalue weighted by atomic mass is 16.8. The molecule has 6 rings (SSSR count). The van der Waals surface area contributed by atoms with E-state index in [4.69, 9.17) is 23.7 Å². The molecule has 2 spiro atoms. The summed E-state index contributed by atoms with van der Waals surface area (Å²) in [5.41, 5.74) is 0.321. The van der Waals surface area contributed by atoms with E-state index in [1.165, 1.54) is 0 Å². The first-order valence-corrected chi connectivity index (χ1v) is 22.6. The fraction of sp³-hybridized carbons (Fsp3) is 0.911. The second-order valence-electron chi connectivity index (χ2n) is 19.5. The number of hydrogen-bond donors (Lipinski definition) is 5. The molecule has 57 heavy (non-hydrogen) atoms. The van der Waals surface area contributed by atoms with Gasteiger partial charge in [0.2, 0.25) is 5.91 Å². The summed E-state index contributed by atoms with van der Waals surface area (Å²) in [6, 6.07) is 0.223. The quantitative estimate of drug-likeness (QED) is 0.0753. The smallest absolute Gasteiger partial charge is 0.249 e. The number of ether oxygens (including phenoxy) is 5. The highest BCUT2D eigenvalue weighted by Gasteiger charge is 2.63. The molecule has 6 aliphatic rings. The van der Waals surface area contributed by atoms with Gasteiger partial charge in [-0.25, -0.2) is 5.48 Å². The summed E-state index contributed by atoms with van der Waals surface area (Å²) in [4.78, 5) is 27.1. The van der Waals surface area contributed by atoms with Crippen LogP contribution >= 0.6 is 0 Å². The molecule has 3 unspecified atom stereocenters.